The fourth-order valence-corrected chi connectivity index (χ4v) is 4.14. The first-order valence-corrected chi connectivity index (χ1v) is 11.0. The lowest BCUT2D eigenvalue weighted by Crippen LogP contribution is -2.45. The molecule has 31 heavy (non-hydrogen) atoms. The van der Waals surface area contributed by atoms with Crippen LogP contribution in [0.3, 0.4) is 0 Å². The van der Waals surface area contributed by atoms with Gasteiger partial charge in [0.2, 0.25) is 5.91 Å². The fraction of sp³-hybridized carbons (Fsp3) is 0.636. The Morgan fingerprint density at radius 2 is 2.00 bits per heavy atom. The van der Waals surface area contributed by atoms with Gasteiger partial charge in [-0.1, -0.05) is 5.16 Å². The first-order chi connectivity index (χ1) is 15.0. The Bertz CT molecular complexity index is 769. The van der Waals surface area contributed by atoms with Crippen molar-refractivity contribution >= 4 is 23.8 Å². The van der Waals surface area contributed by atoms with E-state index in [4.69, 9.17) is 4.84 Å². The number of piperidine rings is 2. The van der Waals surface area contributed by atoms with E-state index in [1.807, 2.05) is 23.2 Å². The smallest absolute Gasteiger partial charge is 0.254 e. The molecule has 2 amide bonds. The molecule has 2 aliphatic rings. The Hall–Kier alpha value is -2.52. The van der Waals surface area contributed by atoms with E-state index < -0.39 is 12.0 Å². The summed E-state index contributed by atoms with van der Waals surface area (Å²) in [5.41, 5.74) is 1.04. The number of aromatic nitrogens is 1. The third-order valence-corrected chi connectivity index (χ3v) is 6.03. The number of amides is 2. The van der Waals surface area contributed by atoms with Gasteiger partial charge < -0.3 is 20.2 Å². The monoisotopic (exact) mass is 431 g/mol. The summed E-state index contributed by atoms with van der Waals surface area (Å²) in [4.78, 5) is 37.8. The van der Waals surface area contributed by atoms with Gasteiger partial charge in [0.1, 0.15) is 19.0 Å². The van der Waals surface area contributed by atoms with E-state index in [1.54, 1.807) is 13.3 Å². The predicted molar refractivity (Wildman–Crippen MR) is 117 cm³/mol. The summed E-state index contributed by atoms with van der Waals surface area (Å²) >= 11 is 0. The van der Waals surface area contributed by atoms with Gasteiger partial charge in [0.05, 0.1) is 0 Å². The Morgan fingerprint density at radius 3 is 2.65 bits per heavy atom. The van der Waals surface area contributed by atoms with E-state index in [0.717, 1.165) is 64.0 Å². The van der Waals surface area contributed by atoms with Gasteiger partial charge in [0, 0.05) is 43.9 Å². The molecular weight excluding hydrogens is 398 g/mol. The summed E-state index contributed by atoms with van der Waals surface area (Å²) in [6, 6.07) is 3.75. The Kier molecular flexibility index (Phi) is 8.36. The summed E-state index contributed by atoms with van der Waals surface area (Å²) in [5, 5.41) is 15.8. The second kappa shape index (κ2) is 11.2. The summed E-state index contributed by atoms with van der Waals surface area (Å²) in [6.07, 6.45) is 6.03. The molecular formula is C22H33N5O4. The summed E-state index contributed by atoms with van der Waals surface area (Å²) in [6.45, 7) is 5.47. The maximum atomic E-state index is 12.9. The quantitative estimate of drug-likeness (QED) is 0.500. The maximum Gasteiger partial charge on any atom is 0.254 e. The van der Waals surface area contributed by atoms with Crippen LogP contribution in [-0.2, 0) is 21.0 Å². The molecule has 2 N–H and O–H groups in total. The number of nitrogens with zero attached hydrogens (tertiary/aromatic N) is 4. The first-order valence-electron chi connectivity index (χ1n) is 11.0. The van der Waals surface area contributed by atoms with Gasteiger partial charge in [-0.05, 0) is 63.4 Å². The van der Waals surface area contributed by atoms with Crippen molar-refractivity contribution in [2.75, 3.05) is 38.6 Å². The number of anilines is 1. The molecule has 3 heterocycles. The van der Waals surface area contributed by atoms with E-state index in [1.165, 1.54) is 6.92 Å². The van der Waals surface area contributed by atoms with Gasteiger partial charge in [0.25, 0.3) is 5.91 Å². The molecule has 0 bridgehead atoms. The molecule has 1 atom stereocenters. The zero-order valence-electron chi connectivity index (χ0n) is 18.4. The van der Waals surface area contributed by atoms with Gasteiger partial charge in [-0.25, -0.2) is 4.98 Å². The van der Waals surface area contributed by atoms with Crippen LogP contribution in [-0.4, -0.2) is 77.3 Å². The molecule has 3 rings (SSSR count). The molecule has 1 unspecified atom stereocenters. The van der Waals surface area contributed by atoms with Gasteiger partial charge in [-0.3, -0.25) is 14.5 Å². The number of rotatable bonds is 7. The number of carbonyl (C=O) groups is 2. The number of aliphatic hydroxyl groups is 1. The summed E-state index contributed by atoms with van der Waals surface area (Å²) in [5.74, 6) is 0.737. The molecule has 170 valence electrons. The number of pyridine rings is 1. The molecule has 2 aliphatic heterocycles. The van der Waals surface area contributed by atoms with Crippen LogP contribution < -0.4 is 5.32 Å². The minimum absolute atomic E-state index is 0.0961. The predicted octanol–water partition coefficient (Wildman–Crippen LogP) is 1.48. The molecule has 0 aromatic carbocycles. The molecule has 9 heteroatoms. The minimum atomic E-state index is -1.08. The standard InChI is InChI=1S/C22H33N5O4/c1-16(28)21(29)25-20-13-18(3-8-23-20)15-26-9-6-19(7-10-26)22(30)27-11-4-17(5-12-27)14-24-31-2/h3,8,13-14,16-17,19,28H,4-7,9-12,15H2,1-2H3,(H,23,25,29). The number of nitrogens with one attached hydrogen (secondary N) is 1. The molecule has 0 radical (unpaired) electrons. The van der Waals surface area contributed by atoms with E-state index in [0.29, 0.717) is 11.7 Å². The summed E-state index contributed by atoms with van der Waals surface area (Å²) < 4.78 is 0. The molecule has 1 aromatic rings. The maximum absolute atomic E-state index is 12.9. The van der Waals surface area contributed by atoms with Crippen molar-refractivity contribution < 1.29 is 19.5 Å². The van der Waals surface area contributed by atoms with E-state index in [9.17, 15) is 14.7 Å². The molecule has 0 spiro atoms. The number of carbonyl (C=O) groups excluding carboxylic acids is 2. The molecule has 1 aromatic heterocycles. The lowest BCUT2D eigenvalue weighted by molar-refractivity contribution is -0.138. The van der Waals surface area contributed by atoms with Gasteiger partial charge in [0.15, 0.2) is 0 Å². The highest BCUT2D eigenvalue weighted by Gasteiger charge is 2.30. The van der Waals surface area contributed by atoms with Crippen LogP contribution in [0.25, 0.3) is 0 Å². The normalized spacial score (nSPS) is 20.0. The molecule has 9 nitrogen and oxygen atoms in total. The number of hydrogen-bond acceptors (Lipinski definition) is 7. The lowest BCUT2D eigenvalue weighted by Gasteiger charge is -2.36. The molecule has 0 aliphatic carbocycles. The van der Waals surface area contributed by atoms with Gasteiger partial charge >= 0.3 is 0 Å². The van der Waals surface area contributed by atoms with E-state index in [-0.39, 0.29) is 11.8 Å². The fourth-order valence-electron chi connectivity index (χ4n) is 4.14. The minimum Gasteiger partial charge on any atom is -0.399 e. The van der Waals surface area contributed by atoms with Crippen LogP contribution >= 0.6 is 0 Å². The molecule has 2 fully saturated rings. The number of likely N-dealkylation sites (tertiary alicyclic amines) is 2. The van der Waals surface area contributed by atoms with Gasteiger partial charge in [-0.15, -0.1) is 0 Å². The molecule has 0 saturated carbocycles. The average molecular weight is 432 g/mol. The van der Waals surface area contributed by atoms with Crippen LogP contribution in [0.4, 0.5) is 5.82 Å². The highest BCUT2D eigenvalue weighted by Crippen LogP contribution is 2.24. The van der Waals surface area contributed by atoms with Crippen molar-refractivity contribution in [3.63, 3.8) is 0 Å². The van der Waals surface area contributed by atoms with Crippen LogP contribution in [0.5, 0.6) is 0 Å². The Balaban J connectivity index is 1.44. The highest BCUT2D eigenvalue weighted by atomic mass is 16.6. The van der Waals surface area contributed by atoms with Crippen LogP contribution in [0.15, 0.2) is 23.5 Å². The van der Waals surface area contributed by atoms with Crippen molar-refractivity contribution in [3.8, 4) is 0 Å². The van der Waals surface area contributed by atoms with Crippen molar-refractivity contribution in [1.82, 2.24) is 14.8 Å². The lowest BCUT2D eigenvalue weighted by atomic mass is 9.92. The van der Waals surface area contributed by atoms with E-state index >= 15 is 0 Å². The van der Waals surface area contributed by atoms with Crippen LogP contribution in [0, 0.1) is 11.8 Å². The second-order valence-electron chi connectivity index (χ2n) is 8.36. The summed E-state index contributed by atoms with van der Waals surface area (Å²) in [7, 11) is 1.55. The third kappa shape index (κ3) is 6.73. The SMILES string of the molecule is CON=CC1CCN(C(=O)C2CCN(Cc3ccnc(NC(=O)C(C)O)c3)CC2)CC1. The Labute approximate surface area is 183 Å². The van der Waals surface area contributed by atoms with Crippen molar-refractivity contribution in [3.05, 3.63) is 23.9 Å². The van der Waals surface area contributed by atoms with Crippen LogP contribution in [0.1, 0.15) is 38.2 Å². The zero-order valence-corrected chi connectivity index (χ0v) is 18.4. The largest absolute Gasteiger partial charge is 0.399 e. The highest BCUT2D eigenvalue weighted by molar-refractivity contribution is 5.92. The first kappa shape index (κ1) is 23.1. The molecule has 2 saturated heterocycles. The Morgan fingerprint density at radius 1 is 1.29 bits per heavy atom. The second-order valence-corrected chi connectivity index (χ2v) is 8.36. The third-order valence-electron chi connectivity index (χ3n) is 6.03. The number of hydrogen-bond donors (Lipinski definition) is 2. The number of aliphatic hydroxyl groups excluding tert-OH is 1. The average Bonchev–Trinajstić information content (AvgIpc) is 2.78. The van der Waals surface area contributed by atoms with Crippen LogP contribution in [0.2, 0.25) is 0 Å². The van der Waals surface area contributed by atoms with Crippen molar-refractivity contribution in [1.29, 1.82) is 0 Å². The zero-order chi connectivity index (χ0) is 22.2. The van der Waals surface area contributed by atoms with Crippen molar-refractivity contribution in [2.24, 2.45) is 17.0 Å². The van der Waals surface area contributed by atoms with Crippen molar-refractivity contribution in [2.45, 2.75) is 45.3 Å². The van der Waals surface area contributed by atoms with E-state index in [2.05, 4.69) is 20.4 Å². The van der Waals surface area contributed by atoms with Gasteiger partial charge in [-0.2, -0.15) is 0 Å². The number of oxime groups is 1. The topological polar surface area (TPSA) is 107 Å².